The van der Waals surface area contributed by atoms with Crippen LogP contribution < -0.4 is 20.5 Å². The van der Waals surface area contributed by atoms with Crippen molar-refractivity contribution < 1.29 is 9.47 Å². The van der Waals surface area contributed by atoms with Crippen LogP contribution in [-0.2, 0) is 0 Å². The van der Waals surface area contributed by atoms with Crippen LogP contribution in [0.5, 0.6) is 11.5 Å². The predicted octanol–water partition coefficient (Wildman–Crippen LogP) is 1.40. The molecule has 0 fully saturated rings. The molecule has 3 rings (SSSR count). The Hall–Kier alpha value is -3.01. The van der Waals surface area contributed by atoms with E-state index in [0.29, 0.717) is 17.4 Å². The van der Waals surface area contributed by atoms with Crippen molar-refractivity contribution in [3.63, 3.8) is 0 Å². The van der Waals surface area contributed by atoms with Crippen LogP contribution >= 0.6 is 0 Å². The molecule has 0 unspecified atom stereocenters. The number of fused-ring (bicyclic) bond motifs is 1. The highest BCUT2D eigenvalue weighted by Crippen LogP contribution is 2.34. The van der Waals surface area contributed by atoms with E-state index in [2.05, 4.69) is 15.3 Å². The zero-order valence-electron chi connectivity index (χ0n) is 9.75. The molecule has 3 N–H and O–H groups in total. The first kappa shape index (κ1) is 11.1. The Balaban J connectivity index is 1.85. The average Bonchev–Trinajstić information content (AvgIpc) is 2.86. The van der Waals surface area contributed by atoms with Crippen LogP contribution in [0.4, 0.5) is 17.5 Å². The molecule has 0 saturated carbocycles. The third kappa shape index (κ3) is 2.07. The number of hydrogen-bond donors (Lipinski definition) is 2. The Bertz CT molecular complexity index is 671. The van der Waals surface area contributed by atoms with Gasteiger partial charge in [0.25, 0.3) is 0 Å². The zero-order chi connectivity index (χ0) is 13.2. The van der Waals surface area contributed by atoms with Gasteiger partial charge in [-0.25, -0.2) is 4.98 Å². The van der Waals surface area contributed by atoms with Crippen LogP contribution in [0.2, 0.25) is 0 Å². The minimum atomic E-state index is 0.140. The normalized spacial score (nSPS) is 11.9. The van der Waals surface area contributed by atoms with E-state index < -0.39 is 0 Å². The zero-order valence-corrected chi connectivity index (χ0v) is 9.75. The van der Waals surface area contributed by atoms with Crippen molar-refractivity contribution in [1.82, 2.24) is 9.97 Å². The Morgan fingerprint density at radius 1 is 1.32 bits per heavy atom. The summed E-state index contributed by atoms with van der Waals surface area (Å²) in [6.45, 7) is 0.221. The van der Waals surface area contributed by atoms with E-state index in [9.17, 15) is 0 Å². The molecular formula is C12H9N5O2. The number of rotatable bonds is 2. The average molecular weight is 255 g/mol. The number of nitrogen functional groups attached to an aromatic ring is 1. The molecule has 0 bridgehead atoms. The fourth-order valence-electron chi connectivity index (χ4n) is 1.64. The molecule has 7 nitrogen and oxygen atoms in total. The molecule has 0 atom stereocenters. The highest BCUT2D eigenvalue weighted by molar-refractivity contribution is 5.61. The maximum Gasteiger partial charge on any atom is 0.231 e. The van der Waals surface area contributed by atoms with Crippen molar-refractivity contribution >= 4 is 17.5 Å². The van der Waals surface area contributed by atoms with E-state index in [1.54, 1.807) is 12.1 Å². The molecule has 0 radical (unpaired) electrons. The highest BCUT2D eigenvalue weighted by atomic mass is 16.7. The predicted molar refractivity (Wildman–Crippen MR) is 67.0 cm³/mol. The molecule has 0 saturated heterocycles. The third-order valence-electron chi connectivity index (χ3n) is 2.57. The highest BCUT2D eigenvalue weighted by Gasteiger charge is 2.13. The van der Waals surface area contributed by atoms with E-state index >= 15 is 0 Å². The van der Waals surface area contributed by atoms with Gasteiger partial charge in [0.1, 0.15) is 17.5 Å². The van der Waals surface area contributed by atoms with E-state index in [1.807, 2.05) is 12.1 Å². The lowest BCUT2D eigenvalue weighted by atomic mass is 10.3. The molecule has 1 aliphatic rings. The number of nitrogens with one attached hydrogen (secondary N) is 1. The summed E-state index contributed by atoms with van der Waals surface area (Å²) in [5, 5.41) is 11.7. The second-order valence-electron chi connectivity index (χ2n) is 3.80. The van der Waals surface area contributed by atoms with Crippen LogP contribution in [0, 0.1) is 11.3 Å². The molecule has 7 heteroatoms. The van der Waals surface area contributed by atoms with Crippen molar-refractivity contribution in [3.05, 3.63) is 30.0 Å². The smallest absolute Gasteiger partial charge is 0.231 e. The first-order valence-corrected chi connectivity index (χ1v) is 5.45. The summed E-state index contributed by atoms with van der Waals surface area (Å²) in [6, 6.07) is 7.28. The van der Waals surface area contributed by atoms with Crippen molar-refractivity contribution in [2.24, 2.45) is 0 Å². The number of aromatic nitrogens is 2. The Morgan fingerprint density at radius 3 is 2.95 bits per heavy atom. The fraction of sp³-hybridized carbons (Fsp3) is 0.0833. The molecular weight excluding hydrogens is 246 g/mol. The summed E-state index contributed by atoms with van der Waals surface area (Å²) in [5.74, 6) is 1.81. The lowest BCUT2D eigenvalue weighted by Gasteiger charge is -2.06. The van der Waals surface area contributed by atoms with Gasteiger partial charge in [0, 0.05) is 11.8 Å². The van der Waals surface area contributed by atoms with Crippen molar-refractivity contribution in [3.8, 4) is 17.6 Å². The molecule has 94 valence electrons. The first-order chi connectivity index (χ1) is 9.26. The Kier molecular flexibility index (Phi) is 2.54. The van der Waals surface area contributed by atoms with Gasteiger partial charge < -0.3 is 20.5 Å². The van der Waals surface area contributed by atoms with Gasteiger partial charge in [-0.2, -0.15) is 10.2 Å². The molecule has 19 heavy (non-hydrogen) atoms. The molecule has 1 aliphatic heterocycles. The third-order valence-corrected chi connectivity index (χ3v) is 2.57. The topological polar surface area (TPSA) is 106 Å². The van der Waals surface area contributed by atoms with Crippen molar-refractivity contribution in [1.29, 1.82) is 5.26 Å². The molecule has 1 aromatic heterocycles. The van der Waals surface area contributed by atoms with Gasteiger partial charge in [-0.15, -0.1) is 0 Å². The molecule has 0 aliphatic carbocycles. The van der Waals surface area contributed by atoms with Gasteiger partial charge in [-0.3, -0.25) is 0 Å². The van der Waals surface area contributed by atoms with Crippen LogP contribution in [0.15, 0.2) is 24.4 Å². The quantitative estimate of drug-likeness (QED) is 0.835. The van der Waals surface area contributed by atoms with Gasteiger partial charge in [-0.1, -0.05) is 0 Å². The minimum Gasteiger partial charge on any atom is -0.454 e. The maximum atomic E-state index is 8.74. The van der Waals surface area contributed by atoms with Gasteiger partial charge in [0.05, 0.1) is 6.20 Å². The van der Waals surface area contributed by atoms with Crippen molar-refractivity contribution in [2.75, 3.05) is 17.8 Å². The summed E-state index contributed by atoms with van der Waals surface area (Å²) in [4.78, 5) is 8.00. The second kappa shape index (κ2) is 4.34. The summed E-state index contributed by atoms with van der Waals surface area (Å²) in [6.07, 6.45) is 1.37. The summed E-state index contributed by atoms with van der Waals surface area (Å²) < 4.78 is 10.5. The minimum absolute atomic E-state index is 0.140. The summed E-state index contributed by atoms with van der Waals surface area (Å²) in [5.41, 5.74) is 6.61. The lowest BCUT2D eigenvalue weighted by Crippen LogP contribution is -2.02. The van der Waals surface area contributed by atoms with Gasteiger partial charge >= 0.3 is 0 Å². The maximum absolute atomic E-state index is 8.74. The van der Waals surface area contributed by atoms with Crippen LogP contribution in [0.3, 0.4) is 0 Å². The Labute approximate surface area is 108 Å². The van der Waals surface area contributed by atoms with E-state index in [0.717, 1.165) is 5.69 Å². The molecule has 0 spiro atoms. The van der Waals surface area contributed by atoms with Gasteiger partial charge in [-0.05, 0) is 12.1 Å². The number of nitrogens with zero attached hydrogens (tertiary/aromatic N) is 3. The number of ether oxygens (including phenoxy) is 2. The van der Waals surface area contributed by atoms with Crippen LogP contribution in [0.25, 0.3) is 0 Å². The lowest BCUT2D eigenvalue weighted by molar-refractivity contribution is 0.174. The van der Waals surface area contributed by atoms with E-state index in [1.165, 1.54) is 6.20 Å². The molecule has 1 aromatic carbocycles. The number of hydrogen-bond acceptors (Lipinski definition) is 7. The van der Waals surface area contributed by atoms with E-state index in [4.69, 9.17) is 20.5 Å². The largest absolute Gasteiger partial charge is 0.454 e. The Morgan fingerprint density at radius 2 is 2.16 bits per heavy atom. The number of nitrogens with two attached hydrogens (primary N) is 1. The second-order valence-corrected chi connectivity index (χ2v) is 3.80. The van der Waals surface area contributed by atoms with Gasteiger partial charge in [0.2, 0.25) is 12.7 Å². The first-order valence-electron chi connectivity index (χ1n) is 5.45. The standard InChI is InChI=1S/C12H9N5O2/c13-4-7-5-15-12(17-11(7)14)16-8-1-2-9-10(3-8)19-6-18-9/h1-3,5H,6H2,(H3,14,15,16,17). The SMILES string of the molecule is N#Cc1cnc(Nc2ccc3c(c2)OCO3)nc1N. The van der Waals surface area contributed by atoms with Gasteiger partial charge in [0.15, 0.2) is 11.5 Å². The van der Waals surface area contributed by atoms with E-state index in [-0.39, 0.29) is 18.2 Å². The number of nitriles is 1. The number of anilines is 3. The molecule has 0 amide bonds. The monoisotopic (exact) mass is 255 g/mol. The van der Waals surface area contributed by atoms with Crippen LogP contribution in [0.1, 0.15) is 5.56 Å². The van der Waals surface area contributed by atoms with Crippen molar-refractivity contribution in [2.45, 2.75) is 0 Å². The molecule has 2 aromatic rings. The van der Waals surface area contributed by atoms with Crippen LogP contribution in [-0.4, -0.2) is 16.8 Å². The fourth-order valence-corrected chi connectivity index (χ4v) is 1.64. The summed E-state index contributed by atoms with van der Waals surface area (Å²) >= 11 is 0. The number of benzene rings is 1. The molecule has 2 heterocycles. The summed E-state index contributed by atoms with van der Waals surface area (Å²) in [7, 11) is 0.